The molecule has 0 amide bonds. The molecule has 0 aliphatic carbocycles. The highest BCUT2D eigenvalue weighted by Crippen LogP contribution is 2.44. The van der Waals surface area contributed by atoms with Crippen LogP contribution in [0.15, 0.2) is 12.1 Å². The summed E-state index contributed by atoms with van der Waals surface area (Å²) in [5.74, 6) is 0.814. The molecule has 1 N–H and O–H groups in total. The summed E-state index contributed by atoms with van der Waals surface area (Å²) < 4.78 is 36.4. The molecule has 2 heterocycles. The summed E-state index contributed by atoms with van der Waals surface area (Å²) >= 11 is 0. The molecular weight excluding hydrogens is 404 g/mol. The number of ether oxygens (including phenoxy) is 2. The smallest absolute Gasteiger partial charge is 0.248 e. The van der Waals surface area contributed by atoms with Crippen LogP contribution < -0.4 is 9.47 Å². The Hall–Kier alpha value is -1.35. The van der Waals surface area contributed by atoms with Gasteiger partial charge in [0.05, 0.1) is 13.2 Å². The quantitative estimate of drug-likeness (QED) is 0.733. The molecule has 1 aromatic carbocycles. The van der Waals surface area contributed by atoms with E-state index in [4.69, 9.17) is 9.47 Å². The van der Waals surface area contributed by atoms with Crippen molar-refractivity contribution < 1.29 is 23.0 Å². The average Bonchev–Trinajstić information content (AvgIpc) is 2.65. The highest BCUT2D eigenvalue weighted by molar-refractivity contribution is 7.88. The van der Waals surface area contributed by atoms with Gasteiger partial charge < -0.3 is 14.6 Å². The highest BCUT2D eigenvalue weighted by atomic mass is 32.2. The van der Waals surface area contributed by atoms with Crippen LogP contribution in [-0.4, -0.2) is 69.1 Å². The summed E-state index contributed by atoms with van der Waals surface area (Å²) in [7, 11) is 1.05. The number of fused-ring (bicyclic) bond motifs is 3. The lowest BCUT2D eigenvalue weighted by atomic mass is 9.75. The molecule has 3 atom stereocenters. The molecule has 1 saturated heterocycles. The third-order valence-electron chi connectivity index (χ3n) is 6.17. The van der Waals surface area contributed by atoms with Gasteiger partial charge in [-0.2, -0.15) is 0 Å². The van der Waals surface area contributed by atoms with Crippen LogP contribution in [0.4, 0.5) is 0 Å². The summed E-state index contributed by atoms with van der Waals surface area (Å²) in [6.07, 6.45) is 2.24. The van der Waals surface area contributed by atoms with E-state index in [2.05, 4.69) is 25.7 Å². The topological polar surface area (TPSA) is 79.3 Å². The first-order valence-corrected chi connectivity index (χ1v) is 12.2. The normalized spacial score (nSPS) is 25.0. The van der Waals surface area contributed by atoms with Crippen molar-refractivity contribution in [1.82, 2.24) is 9.21 Å². The molecule has 0 unspecified atom stereocenters. The minimum Gasteiger partial charge on any atom is -0.493 e. The Morgan fingerprint density at radius 3 is 2.53 bits per heavy atom. The predicted octanol–water partition coefficient (Wildman–Crippen LogP) is 2.64. The van der Waals surface area contributed by atoms with Gasteiger partial charge in [-0.1, -0.05) is 20.8 Å². The molecule has 0 saturated carbocycles. The van der Waals surface area contributed by atoms with Crippen molar-refractivity contribution in [3.8, 4) is 11.5 Å². The van der Waals surface area contributed by atoms with Crippen molar-refractivity contribution in [1.29, 1.82) is 0 Å². The van der Waals surface area contributed by atoms with Gasteiger partial charge in [-0.25, -0.2) is 12.7 Å². The molecule has 3 rings (SSSR count). The second-order valence-corrected chi connectivity index (χ2v) is 12.1. The first kappa shape index (κ1) is 23.3. The van der Waals surface area contributed by atoms with Crippen molar-refractivity contribution in [2.45, 2.75) is 52.2 Å². The molecule has 0 bridgehead atoms. The van der Waals surface area contributed by atoms with Gasteiger partial charge in [-0.3, -0.25) is 4.90 Å². The Morgan fingerprint density at radius 2 is 1.93 bits per heavy atom. The van der Waals surface area contributed by atoms with E-state index < -0.39 is 16.0 Å². The van der Waals surface area contributed by atoms with E-state index in [1.54, 1.807) is 7.11 Å². The average molecular weight is 441 g/mol. The first-order valence-electron chi connectivity index (χ1n) is 10.6. The SMILES string of the molecule is COc1cc2c(cc1OCS(=O)(=O)N(C)C)CCN1C[C@@H](CC(C)(C)C)[C@H](O)C[C@H]21. The highest BCUT2D eigenvalue weighted by Gasteiger charge is 2.39. The third kappa shape index (κ3) is 5.10. The van der Waals surface area contributed by atoms with Gasteiger partial charge in [-0.05, 0) is 53.9 Å². The van der Waals surface area contributed by atoms with Gasteiger partial charge in [0.1, 0.15) is 0 Å². The number of aliphatic hydroxyl groups excluding tert-OH is 1. The molecule has 1 aromatic rings. The second-order valence-electron chi connectivity index (χ2n) is 9.95. The van der Waals surface area contributed by atoms with Gasteiger partial charge in [0.15, 0.2) is 11.5 Å². The van der Waals surface area contributed by atoms with Gasteiger partial charge in [0.25, 0.3) is 0 Å². The lowest BCUT2D eigenvalue weighted by molar-refractivity contribution is -0.0259. The zero-order valence-corrected chi connectivity index (χ0v) is 19.8. The minimum atomic E-state index is -3.48. The lowest BCUT2D eigenvalue weighted by Crippen LogP contribution is -2.48. The van der Waals surface area contributed by atoms with Crippen molar-refractivity contribution in [3.05, 3.63) is 23.3 Å². The number of piperidine rings is 1. The largest absolute Gasteiger partial charge is 0.493 e. The van der Waals surface area contributed by atoms with Crippen molar-refractivity contribution in [2.75, 3.05) is 40.2 Å². The Labute approximate surface area is 181 Å². The second kappa shape index (κ2) is 8.65. The number of benzene rings is 1. The summed E-state index contributed by atoms with van der Waals surface area (Å²) in [5.41, 5.74) is 2.47. The molecule has 8 heteroatoms. The van der Waals surface area contributed by atoms with Crippen LogP contribution in [0.1, 0.15) is 50.8 Å². The van der Waals surface area contributed by atoms with E-state index in [-0.39, 0.29) is 23.5 Å². The monoisotopic (exact) mass is 440 g/mol. The van der Waals surface area contributed by atoms with Crippen LogP contribution in [0.2, 0.25) is 0 Å². The summed E-state index contributed by atoms with van der Waals surface area (Å²) in [6.45, 7) is 8.48. The molecule has 2 aliphatic heterocycles. The lowest BCUT2D eigenvalue weighted by Gasteiger charge is -2.47. The van der Waals surface area contributed by atoms with E-state index in [1.807, 2.05) is 12.1 Å². The molecule has 0 radical (unpaired) electrons. The fraction of sp³-hybridized carbons (Fsp3) is 0.727. The Kier molecular flexibility index (Phi) is 6.72. The number of sulfonamides is 1. The maximum atomic E-state index is 12.1. The fourth-order valence-electron chi connectivity index (χ4n) is 4.60. The number of aliphatic hydroxyl groups is 1. The van der Waals surface area contributed by atoms with Crippen LogP contribution in [-0.2, 0) is 16.4 Å². The molecule has 30 heavy (non-hydrogen) atoms. The fourth-order valence-corrected chi connectivity index (χ4v) is 5.09. The van der Waals surface area contributed by atoms with Gasteiger partial charge in [-0.15, -0.1) is 0 Å². The molecule has 2 aliphatic rings. The maximum Gasteiger partial charge on any atom is 0.248 e. The molecule has 170 valence electrons. The Balaban J connectivity index is 1.82. The van der Waals surface area contributed by atoms with Gasteiger partial charge >= 0.3 is 0 Å². The predicted molar refractivity (Wildman–Crippen MR) is 117 cm³/mol. The number of hydrogen-bond acceptors (Lipinski definition) is 6. The molecule has 1 fully saturated rings. The maximum absolute atomic E-state index is 12.1. The Morgan fingerprint density at radius 1 is 1.23 bits per heavy atom. The van der Waals surface area contributed by atoms with Crippen molar-refractivity contribution >= 4 is 10.0 Å². The number of rotatable bonds is 6. The molecule has 7 nitrogen and oxygen atoms in total. The van der Waals surface area contributed by atoms with E-state index in [1.165, 1.54) is 14.1 Å². The summed E-state index contributed by atoms with van der Waals surface area (Å²) in [6, 6.07) is 4.01. The van der Waals surface area contributed by atoms with Crippen LogP contribution in [0, 0.1) is 11.3 Å². The van der Waals surface area contributed by atoms with E-state index in [9.17, 15) is 13.5 Å². The first-order chi connectivity index (χ1) is 13.9. The van der Waals surface area contributed by atoms with E-state index >= 15 is 0 Å². The van der Waals surface area contributed by atoms with E-state index in [0.717, 1.165) is 41.4 Å². The van der Waals surface area contributed by atoms with Crippen LogP contribution in [0.5, 0.6) is 11.5 Å². The number of hydrogen-bond donors (Lipinski definition) is 1. The summed E-state index contributed by atoms with van der Waals surface area (Å²) in [4.78, 5) is 2.47. The summed E-state index contributed by atoms with van der Waals surface area (Å²) in [5, 5.41) is 10.8. The zero-order valence-electron chi connectivity index (χ0n) is 19.0. The van der Waals surface area contributed by atoms with Gasteiger partial charge in [0, 0.05) is 33.2 Å². The molecular formula is C22H36N2O5S. The number of methoxy groups -OCH3 is 1. The standard InChI is InChI=1S/C22H36N2O5S/c1-22(2,3)12-16-13-24-8-7-15-9-21(29-14-30(26,27)23(4)5)20(28-6)10-17(15)18(24)11-19(16)25/h9-10,16,18-19,25H,7-8,11-14H2,1-6H3/t16-,18-,19-/m1/s1. The minimum absolute atomic E-state index is 0.147. The van der Waals surface area contributed by atoms with Crippen LogP contribution in [0.25, 0.3) is 0 Å². The third-order valence-corrected chi connectivity index (χ3v) is 7.69. The van der Waals surface area contributed by atoms with Crippen molar-refractivity contribution in [3.63, 3.8) is 0 Å². The zero-order chi connectivity index (χ0) is 22.3. The van der Waals surface area contributed by atoms with E-state index in [0.29, 0.717) is 17.9 Å². The molecule has 0 aromatic heterocycles. The van der Waals surface area contributed by atoms with Crippen molar-refractivity contribution in [2.24, 2.45) is 11.3 Å². The number of nitrogens with zero attached hydrogens (tertiary/aromatic N) is 2. The van der Waals surface area contributed by atoms with Gasteiger partial charge in [0.2, 0.25) is 16.0 Å². The van der Waals surface area contributed by atoms with Crippen LogP contribution in [0.3, 0.4) is 0 Å². The Bertz CT molecular complexity index is 863. The molecule has 0 spiro atoms. The van der Waals surface area contributed by atoms with Crippen LogP contribution >= 0.6 is 0 Å².